The van der Waals surface area contributed by atoms with Crippen LogP contribution in [0.3, 0.4) is 0 Å². The summed E-state index contributed by atoms with van der Waals surface area (Å²) < 4.78 is 15.8. The summed E-state index contributed by atoms with van der Waals surface area (Å²) in [5.74, 6) is 0.0713. The molecule has 1 aliphatic heterocycles. The first-order valence-electron chi connectivity index (χ1n) is 9.54. The summed E-state index contributed by atoms with van der Waals surface area (Å²) in [4.78, 5) is 21.2. The number of hydrogen-bond acceptors (Lipinski definition) is 7. The molecule has 0 spiro atoms. The van der Waals surface area contributed by atoms with Crippen LogP contribution in [0, 0.1) is 0 Å². The molecule has 3 rings (SSSR count). The predicted molar refractivity (Wildman–Crippen MR) is 112 cm³/mol. The topological polar surface area (TPSA) is 64.1 Å². The number of methoxy groups -OCH3 is 2. The minimum Gasteiger partial charge on any atom is -0.503 e. The Labute approximate surface area is 171 Å². The molecule has 1 aromatic heterocycles. The Balaban J connectivity index is 1.69. The molecule has 7 heteroatoms. The van der Waals surface area contributed by atoms with E-state index in [1.165, 1.54) is 20.5 Å². The lowest BCUT2D eigenvalue weighted by Crippen LogP contribution is -2.44. The molecule has 2 heterocycles. The first kappa shape index (κ1) is 20.7. The molecule has 0 unspecified atom stereocenters. The molecule has 1 fully saturated rings. The van der Waals surface area contributed by atoms with E-state index in [-0.39, 0.29) is 6.61 Å². The molecule has 0 atom stereocenters. The summed E-state index contributed by atoms with van der Waals surface area (Å²) in [6.45, 7) is 4.36. The van der Waals surface area contributed by atoms with Crippen molar-refractivity contribution >= 4 is 17.2 Å². The largest absolute Gasteiger partial charge is 0.503 e. The van der Waals surface area contributed by atoms with E-state index < -0.39 is 5.97 Å². The van der Waals surface area contributed by atoms with E-state index in [1.54, 1.807) is 0 Å². The van der Waals surface area contributed by atoms with Crippen molar-refractivity contribution in [2.75, 3.05) is 52.3 Å². The second kappa shape index (κ2) is 9.93. The fraction of sp³-hybridized carbons (Fsp3) is 0.364. The normalized spacial score (nSPS) is 15.1. The first-order valence-corrected chi connectivity index (χ1v) is 9.54. The molecular weight excluding hydrogens is 370 g/mol. The van der Waals surface area contributed by atoms with Gasteiger partial charge in [0.05, 0.1) is 32.4 Å². The fourth-order valence-corrected chi connectivity index (χ4v) is 3.22. The lowest BCUT2D eigenvalue weighted by atomic mass is 10.0. The summed E-state index contributed by atoms with van der Waals surface area (Å²) in [6.07, 6.45) is 3.23. The van der Waals surface area contributed by atoms with Crippen LogP contribution in [0.1, 0.15) is 11.1 Å². The second-order valence-electron chi connectivity index (χ2n) is 6.85. The molecule has 29 heavy (non-hydrogen) atoms. The van der Waals surface area contributed by atoms with Crippen LogP contribution in [0.15, 0.2) is 48.9 Å². The molecular formula is C22H27N3O4. The minimum absolute atomic E-state index is 0.273. The molecule has 0 bridgehead atoms. The Kier molecular flexibility index (Phi) is 7.08. The summed E-state index contributed by atoms with van der Waals surface area (Å²) in [6, 6.07) is 11.4. The van der Waals surface area contributed by atoms with Crippen molar-refractivity contribution in [3.63, 3.8) is 0 Å². The molecule has 1 aromatic carbocycles. The SMILES string of the molecule is CO/C=C(/C(=O)OC)c1ccccc1COc1ccc(N2CCN(C)CC2)cn1. The molecule has 0 saturated carbocycles. The van der Waals surface area contributed by atoms with Gasteiger partial charge in [0.2, 0.25) is 5.88 Å². The molecule has 1 aliphatic rings. The van der Waals surface area contributed by atoms with Gasteiger partial charge in [-0.15, -0.1) is 0 Å². The Morgan fingerprint density at radius 1 is 1.10 bits per heavy atom. The van der Waals surface area contributed by atoms with Crippen molar-refractivity contribution in [2.45, 2.75) is 6.61 Å². The molecule has 0 N–H and O–H groups in total. The summed E-state index contributed by atoms with van der Waals surface area (Å²) in [5.41, 5.74) is 2.98. The zero-order valence-electron chi connectivity index (χ0n) is 17.1. The third-order valence-electron chi connectivity index (χ3n) is 4.91. The van der Waals surface area contributed by atoms with Crippen LogP contribution in [0.5, 0.6) is 5.88 Å². The van der Waals surface area contributed by atoms with Gasteiger partial charge in [-0.1, -0.05) is 24.3 Å². The summed E-state index contributed by atoms with van der Waals surface area (Å²) >= 11 is 0. The van der Waals surface area contributed by atoms with Gasteiger partial charge in [0.15, 0.2) is 0 Å². The number of ether oxygens (including phenoxy) is 3. The highest BCUT2D eigenvalue weighted by Crippen LogP contribution is 2.23. The van der Waals surface area contributed by atoms with E-state index in [2.05, 4.69) is 21.8 Å². The zero-order chi connectivity index (χ0) is 20.6. The van der Waals surface area contributed by atoms with Crippen LogP contribution >= 0.6 is 0 Å². The Bertz CT molecular complexity index is 843. The molecule has 1 saturated heterocycles. The van der Waals surface area contributed by atoms with Crippen molar-refractivity contribution in [1.29, 1.82) is 0 Å². The highest BCUT2D eigenvalue weighted by atomic mass is 16.5. The van der Waals surface area contributed by atoms with Crippen LogP contribution < -0.4 is 9.64 Å². The van der Waals surface area contributed by atoms with Gasteiger partial charge < -0.3 is 24.0 Å². The quantitative estimate of drug-likeness (QED) is 0.404. The zero-order valence-corrected chi connectivity index (χ0v) is 17.1. The van der Waals surface area contributed by atoms with E-state index in [0.29, 0.717) is 17.0 Å². The predicted octanol–water partition coefficient (Wildman–Crippen LogP) is 2.57. The number of esters is 1. The molecule has 7 nitrogen and oxygen atoms in total. The Morgan fingerprint density at radius 2 is 1.86 bits per heavy atom. The van der Waals surface area contributed by atoms with Gasteiger partial charge in [0.25, 0.3) is 0 Å². The van der Waals surface area contributed by atoms with Crippen molar-refractivity contribution in [1.82, 2.24) is 9.88 Å². The standard InChI is InChI=1S/C22H27N3O4/c1-24-10-12-25(13-11-24)18-8-9-21(23-14-18)29-15-17-6-4-5-7-19(17)20(16-27-2)22(26)28-3/h4-9,14,16H,10-13,15H2,1-3H3/b20-16+. The maximum atomic E-state index is 12.1. The number of pyridine rings is 1. The molecule has 154 valence electrons. The van der Waals surface area contributed by atoms with Gasteiger partial charge >= 0.3 is 5.97 Å². The van der Waals surface area contributed by atoms with Gasteiger partial charge in [-0.3, -0.25) is 0 Å². The third kappa shape index (κ3) is 5.26. The lowest BCUT2D eigenvalue weighted by Gasteiger charge is -2.33. The number of nitrogens with zero attached hydrogens (tertiary/aromatic N) is 3. The van der Waals surface area contributed by atoms with Crippen LogP contribution in [0.4, 0.5) is 5.69 Å². The van der Waals surface area contributed by atoms with Crippen LogP contribution in [-0.2, 0) is 20.9 Å². The number of carbonyl (C=O) groups excluding carboxylic acids is 1. The van der Waals surface area contributed by atoms with E-state index in [4.69, 9.17) is 14.2 Å². The molecule has 2 aromatic rings. The van der Waals surface area contributed by atoms with Gasteiger partial charge in [-0.05, 0) is 24.2 Å². The number of anilines is 1. The van der Waals surface area contributed by atoms with Crippen LogP contribution in [0.2, 0.25) is 0 Å². The molecule has 0 radical (unpaired) electrons. The van der Waals surface area contributed by atoms with E-state index in [1.807, 2.05) is 42.6 Å². The van der Waals surface area contributed by atoms with Crippen LogP contribution in [-0.4, -0.2) is 63.3 Å². The summed E-state index contributed by atoms with van der Waals surface area (Å²) in [7, 11) is 4.97. The number of rotatable bonds is 7. The molecule has 0 aliphatic carbocycles. The molecule has 0 amide bonds. The number of aromatic nitrogens is 1. The maximum Gasteiger partial charge on any atom is 0.341 e. The number of piperazine rings is 1. The number of likely N-dealkylation sites (N-methyl/N-ethyl adjacent to an activating group) is 1. The second-order valence-corrected chi connectivity index (χ2v) is 6.85. The van der Waals surface area contributed by atoms with Crippen LogP contribution in [0.25, 0.3) is 5.57 Å². The number of carbonyl (C=O) groups is 1. The summed E-state index contributed by atoms with van der Waals surface area (Å²) in [5, 5.41) is 0. The van der Waals surface area contributed by atoms with Gasteiger partial charge in [0, 0.05) is 32.2 Å². The van der Waals surface area contributed by atoms with Crippen molar-refractivity contribution < 1.29 is 19.0 Å². The smallest absolute Gasteiger partial charge is 0.341 e. The van der Waals surface area contributed by atoms with Gasteiger partial charge in [-0.25, -0.2) is 9.78 Å². The van der Waals surface area contributed by atoms with Crippen molar-refractivity contribution in [3.05, 3.63) is 60.0 Å². The average molecular weight is 397 g/mol. The Hall–Kier alpha value is -3.06. The maximum absolute atomic E-state index is 12.1. The third-order valence-corrected chi connectivity index (χ3v) is 4.91. The first-order chi connectivity index (χ1) is 14.1. The lowest BCUT2D eigenvalue weighted by molar-refractivity contribution is -0.133. The van der Waals surface area contributed by atoms with E-state index in [0.717, 1.165) is 37.4 Å². The van der Waals surface area contributed by atoms with Crippen molar-refractivity contribution in [3.8, 4) is 5.88 Å². The fourth-order valence-electron chi connectivity index (χ4n) is 3.22. The van der Waals surface area contributed by atoms with E-state index >= 15 is 0 Å². The average Bonchev–Trinajstić information content (AvgIpc) is 2.77. The van der Waals surface area contributed by atoms with E-state index in [9.17, 15) is 4.79 Å². The van der Waals surface area contributed by atoms with Gasteiger partial charge in [0.1, 0.15) is 12.2 Å². The number of hydrogen-bond donors (Lipinski definition) is 0. The minimum atomic E-state index is -0.464. The highest BCUT2D eigenvalue weighted by Gasteiger charge is 2.17. The van der Waals surface area contributed by atoms with Gasteiger partial charge in [-0.2, -0.15) is 0 Å². The van der Waals surface area contributed by atoms with Crippen molar-refractivity contribution in [2.24, 2.45) is 0 Å². The monoisotopic (exact) mass is 397 g/mol. The Morgan fingerprint density at radius 3 is 2.52 bits per heavy atom. The number of benzene rings is 1. The highest BCUT2D eigenvalue weighted by molar-refractivity contribution is 6.16.